The van der Waals surface area contributed by atoms with E-state index in [-0.39, 0.29) is 12.0 Å². The Labute approximate surface area is 102 Å². The van der Waals surface area contributed by atoms with Crippen molar-refractivity contribution in [1.82, 2.24) is 4.98 Å². The first kappa shape index (κ1) is 14.3. The largest absolute Gasteiger partial charge is 0.417 e. The van der Waals surface area contributed by atoms with Gasteiger partial charge in [-0.25, -0.2) is 0 Å². The van der Waals surface area contributed by atoms with Gasteiger partial charge in [0.15, 0.2) is 0 Å². The van der Waals surface area contributed by atoms with E-state index in [1.54, 1.807) is 0 Å². The van der Waals surface area contributed by atoms with Crippen LogP contribution in [0.2, 0.25) is 0 Å². The van der Waals surface area contributed by atoms with Crippen LogP contribution in [0.1, 0.15) is 23.7 Å². The van der Waals surface area contributed by atoms with E-state index in [1.165, 1.54) is 0 Å². The molecule has 3 nitrogen and oxygen atoms in total. The smallest absolute Gasteiger partial charge is 0.390 e. The number of aliphatic hydroxyl groups is 2. The number of pyridine rings is 1. The molecule has 0 fully saturated rings. The second kappa shape index (κ2) is 5.70. The molecule has 0 spiro atoms. The zero-order valence-electron chi connectivity index (χ0n) is 8.72. The van der Waals surface area contributed by atoms with E-state index in [0.29, 0.717) is 11.9 Å². The summed E-state index contributed by atoms with van der Waals surface area (Å²) in [6.45, 7) is 0. The number of aliphatic hydroxyl groups excluding tert-OH is 2. The van der Waals surface area contributed by atoms with E-state index in [1.807, 2.05) is 0 Å². The Morgan fingerprint density at radius 2 is 1.94 bits per heavy atom. The maximum atomic E-state index is 12.4. The van der Waals surface area contributed by atoms with Gasteiger partial charge in [0.1, 0.15) is 6.10 Å². The van der Waals surface area contributed by atoms with Crippen molar-refractivity contribution in [2.75, 3.05) is 5.75 Å². The number of halogens is 3. The molecule has 17 heavy (non-hydrogen) atoms. The predicted octanol–water partition coefficient (Wildman–Crippen LogP) is 1.81. The van der Waals surface area contributed by atoms with Crippen LogP contribution in [0.4, 0.5) is 13.2 Å². The van der Waals surface area contributed by atoms with Gasteiger partial charge in [0.2, 0.25) is 0 Å². The van der Waals surface area contributed by atoms with Crippen molar-refractivity contribution in [2.45, 2.75) is 24.8 Å². The average Bonchev–Trinajstić information content (AvgIpc) is 2.27. The summed E-state index contributed by atoms with van der Waals surface area (Å²) < 4.78 is 37.2. The topological polar surface area (TPSA) is 53.4 Å². The van der Waals surface area contributed by atoms with Crippen LogP contribution in [0, 0.1) is 0 Å². The molecule has 1 aromatic heterocycles. The van der Waals surface area contributed by atoms with Crippen molar-refractivity contribution in [3.8, 4) is 0 Å². The van der Waals surface area contributed by atoms with Crippen molar-refractivity contribution in [2.24, 2.45) is 0 Å². The van der Waals surface area contributed by atoms with Crippen LogP contribution in [0.15, 0.2) is 18.5 Å². The highest BCUT2D eigenvalue weighted by atomic mass is 32.1. The van der Waals surface area contributed by atoms with Gasteiger partial charge in [-0.05, 0) is 18.2 Å². The third-order valence-electron chi connectivity index (χ3n) is 2.22. The van der Waals surface area contributed by atoms with Gasteiger partial charge in [-0.15, -0.1) is 0 Å². The molecule has 0 aliphatic carbocycles. The van der Waals surface area contributed by atoms with Crippen LogP contribution in [0.5, 0.6) is 0 Å². The summed E-state index contributed by atoms with van der Waals surface area (Å²) in [5, 5.41) is 19.1. The Hall–Kier alpha value is -0.790. The third kappa shape index (κ3) is 3.86. The Balaban J connectivity index is 2.92. The van der Waals surface area contributed by atoms with Crippen LogP contribution < -0.4 is 0 Å². The fourth-order valence-electron chi connectivity index (χ4n) is 1.29. The predicted molar refractivity (Wildman–Crippen MR) is 58.7 cm³/mol. The summed E-state index contributed by atoms with van der Waals surface area (Å²) in [4.78, 5) is 3.40. The van der Waals surface area contributed by atoms with E-state index in [4.69, 9.17) is 0 Å². The highest BCUT2D eigenvalue weighted by Crippen LogP contribution is 2.30. The summed E-state index contributed by atoms with van der Waals surface area (Å²) in [5.41, 5.74) is -1.01. The maximum absolute atomic E-state index is 12.4. The fraction of sp³-hybridized carbons (Fsp3) is 0.500. The summed E-state index contributed by atoms with van der Waals surface area (Å²) in [6, 6.07) is 0.777. The van der Waals surface area contributed by atoms with Gasteiger partial charge in [0, 0.05) is 18.0 Å². The molecule has 0 aliphatic rings. The lowest BCUT2D eigenvalue weighted by Gasteiger charge is -2.18. The zero-order chi connectivity index (χ0) is 13.1. The van der Waals surface area contributed by atoms with Crippen molar-refractivity contribution >= 4 is 12.6 Å². The highest BCUT2D eigenvalue weighted by molar-refractivity contribution is 7.80. The minimum Gasteiger partial charge on any atom is -0.390 e. The van der Waals surface area contributed by atoms with Crippen LogP contribution in [0.3, 0.4) is 0 Å². The molecule has 0 aliphatic heterocycles. The Bertz CT molecular complexity index is 373. The maximum Gasteiger partial charge on any atom is 0.417 e. The van der Waals surface area contributed by atoms with Crippen LogP contribution in [0.25, 0.3) is 0 Å². The van der Waals surface area contributed by atoms with Gasteiger partial charge in [0.05, 0.1) is 11.7 Å². The molecule has 2 N–H and O–H groups in total. The molecule has 0 radical (unpaired) electrons. The molecule has 0 amide bonds. The number of hydrogen-bond acceptors (Lipinski definition) is 4. The lowest BCUT2D eigenvalue weighted by atomic mass is 10.0. The quantitative estimate of drug-likeness (QED) is 0.729. The minimum absolute atomic E-state index is 0.0610. The summed E-state index contributed by atoms with van der Waals surface area (Å²) in [7, 11) is 0. The van der Waals surface area contributed by atoms with Gasteiger partial charge in [-0.3, -0.25) is 4.98 Å². The highest BCUT2D eigenvalue weighted by Gasteiger charge is 2.32. The number of aromatic nitrogens is 1. The van der Waals surface area contributed by atoms with Gasteiger partial charge in [-0.1, -0.05) is 0 Å². The van der Waals surface area contributed by atoms with Crippen LogP contribution in [-0.4, -0.2) is 27.1 Å². The average molecular weight is 267 g/mol. The zero-order valence-corrected chi connectivity index (χ0v) is 9.62. The number of thiol groups is 1. The summed E-state index contributed by atoms with van der Waals surface area (Å²) >= 11 is 3.87. The second-order valence-electron chi connectivity index (χ2n) is 3.53. The van der Waals surface area contributed by atoms with E-state index in [0.717, 1.165) is 12.3 Å². The van der Waals surface area contributed by atoms with Crippen molar-refractivity contribution < 1.29 is 23.4 Å². The fourth-order valence-corrected chi connectivity index (χ4v) is 1.55. The molecule has 2 unspecified atom stereocenters. The van der Waals surface area contributed by atoms with Gasteiger partial charge in [0.25, 0.3) is 0 Å². The molecule has 7 heteroatoms. The number of rotatable bonds is 4. The molecule has 0 saturated carbocycles. The van der Waals surface area contributed by atoms with Crippen molar-refractivity contribution in [3.63, 3.8) is 0 Å². The van der Waals surface area contributed by atoms with E-state index >= 15 is 0 Å². The molecule has 1 heterocycles. The molecule has 0 bridgehead atoms. The third-order valence-corrected chi connectivity index (χ3v) is 2.48. The Morgan fingerprint density at radius 3 is 2.47 bits per heavy atom. The molecular formula is C10H12F3NO2S. The normalized spacial score (nSPS) is 15.6. The Kier molecular flexibility index (Phi) is 4.79. The molecule has 96 valence electrons. The van der Waals surface area contributed by atoms with Gasteiger partial charge < -0.3 is 10.2 Å². The van der Waals surface area contributed by atoms with E-state index < -0.39 is 23.9 Å². The number of hydrogen-bond donors (Lipinski definition) is 3. The standard InChI is InChI=1S/C10H12F3NO2S/c11-10(12,13)7-3-6(4-14-5-7)9(16)8(15)1-2-17/h3-5,8-9,15-17H,1-2H2. The SMILES string of the molecule is OC(CCS)C(O)c1cncc(C(F)(F)F)c1. The van der Waals surface area contributed by atoms with E-state index in [2.05, 4.69) is 17.6 Å². The number of alkyl halides is 3. The van der Waals surface area contributed by atoms with Gasteiger partial charge >= 0.3 is 6.18 Å². The summed E-state index contributed by atoms with van der Waals surface area (Å²) in [6.07, 6.45) is -5.12. The molecular weight excluding hydrogens is 255 g/mol. The molecule has 1 aromatic rings. The molecule has 0 saturated heterocycles. The first-order valence-electron chi connectivity index (χ1n) is 4.85. The van der Waals surface area contributed by atoms with Crippen LogP contribution in [-0.2, 0) is 6.18 Å². The molecule has 1 rings (SSSR count). The monoisotopic (exact) mass is 267 g/mol. The number of nitrogens with zero attached hydrogens (tertiary/aromatic N) is 1. The Morgan fingerprint density at radius 1 is 1.29 bits per heavy atom. The molecule has 2 atom stereocenters. The van der Waals surface area contributed by atoms with Gasteiger partial charge in [-0.2, -0.15) is 25.8 Å². The second-order valence-corrected chi connectivity index (χ2v) is 3.98. The first-order valence-corrected chi connectivity index (χ1v) is 5.48. The lowest BCUT2D eigenvalue weighted by molar-refractivity contribution is -0.138. The lowest BCUT2D eigenvalue weighted by Crippen LogP contribution is -2.19. The van der Waals surface area contributed by atoms with Crippen LogP contribution >= 0.6 is 12.6 Å². The first-order chi connectivity index (χ1) is 7.86. The minimum atomic E-state index is -4.52. The van der Waals surface area contributed by atoms with Crippen molar-refractivity contribution in [1.29, 1.82) is 0 Å². The van der Waals surface area contributed by atoms with E-state index in [9.17, 15) is 23.4 Å². The molecule has 0 aromatic carbocycles. The van der Waals surface area contributed by atoms with Crippen molar-refractivity contribution in [3.05, 3.63) is 29.6 Å². The summed E-state index contributed by atoms with van der Waals surface area (Å²) in [5.74, 6) is 0.324.